The summed E-state index contributed by atoms with van der Waals surface area (Å²) in [5.74, 6) is 2.87. The van der Waals surface area contributed by atoms with Crippen molar-refractivity contribution in [3.05, 3.63) is 11.6 Å². The van der Waals surface area contributed by atoms with Crippen molar-refractivity contribution in [3.8, 4) is 23.0 Å². The van der Waals surface area contributed by atoms with Crippen LogP contribution in [0.3, 0.4) is 0 Å². The van der Waals surface area contributed by atoms with Gasteiger partial charge in [0.15, 0.2) is 11.5 Å². The fraction of sp³-hybridized carbons (Fsp3) is 0.455. The molecule has 1 aromatic rings. The first-order valence-corrected chi connectivity index (χ1v) is 4.95. The molecule has 0 saturated heterocycles. The molecule has 3 rings (SSSR count). The highest BCUT2D eigenvalue weighted by atomic mass is 16.7. The van der Waals surface area contributed by atoms with Gasteiger partial charge in [0.2, 0.25) is 18.3 Å². The average molecular weight is 208 g/mol. The topological polar surface area (TPSA) is 36.9 Å². The summed E-state index contributed by atoms with van der Waals surface area (Å²) in [7, 11) is 1.62. The number of benzene rings is 1. The second-order valence-electron chi connectivity index (χ2n) is 3.76. The van der Waals surface area contributed by atoms with Gasteiger partial charge in [0.1, 0.15) is 6.10 Å². The fourth-order valence-electron chi connectivity index (χ4n) is 2.06. The highest BCUT2D eigenvalue weighted by Crippen LogP contribution is 2.51. The average Bonchev–Trinajstić information content (AvgIpc) is 2.78. The molecule has 0 spiro atoms. The fourth-order valence-corrected chi connectivity index (χ4v) is 2.06. The van der Waals surface area contributed by atoms with E-state index in [-0.39, 0.29) is 12.9 Å². The Bertz CT molecular complexity index is 414. The van der Waals surface area contributed by atoms with Crippen molar-refractivity contribution in [2.45, 2.75) is 19.4 Å². The van der Waals surface area contributed by atoms with Crippen LogP contribution in [0.5, 0.6) is 23.0 Å². The third-order valence-corrected chi connectivity index (χ3v) is 2.68. The van der Waals surface area contributed by atoms with Gasteiger partial charge in [-0.15, -0.1) is 0 Å². The molecule has 15 heavy (non-hydrogen) atoms. The van der Waals surface area contributed by atoms with Crippen molar-refractivity contribution in [2.75, 3.05) is 13.9 Å². The number of hydrogen-bond donors (Lipinski definition) is 0. The molecule has 0 N–H and O–H groups in total. The van der Waals surface area contributed by atoms with Crippen LogP contribution in [-0.2, 0) is 6.42 Å². The first-order chi connectivity index (χ1) is 7.29. The second-order valence-corrected chi connectivity index (χ2v) is 3.76. The van der Waals surface area contributed by atoms with Gasteiger partial charge in [0, 0.05) is 12.0 Å². The Morgan fingerprint density at radius 2 is 2.20 bits per heavy atom. The van der Waals surface area contributed by atoms with Gasteiger partial charge in [-0.05, 0) is 13.0 Å². The molecule has 2 heterocycles. The lowest BCUT2D eigenvalue weighted by Gasteiger charge is -2.10. The van der Waals surface area contributed by atoms with Crippen molar-refractivity contribution >= 4 is 0 Å². The maximum absolute atomic E-state index is 5.69. The summed E-state index contributed by atoms with van der Waals surface area (Å²) < 4.78 is 21.7. The number of rotatable bonds is 1. The minimum absolute atomic E-state index is 0.191. The van der Waals surface area contributed by atoms with Crippen LogP contribution < -0.4 is 18.9 Å². The van der Waals surface area contributed by atoms with E-state index < -0.39 is 0 Å². The summed E-state index contributed by atoms with van der Waals surface area (Å²) in [6.45, 7) is 2.29. The molecule has 0 aliphatic carbocycles. The summed E-state index contributed by atoms with van der Waals surface area (Å²) in [6.07, 6.45) is 1.08. The van der Waals surface area contributed by atoms with Crippen molar-refractivity contribution in [1.82, 2.24) is 0 Å². The molecule has 2 aliphatic rings. The predicted octanol–water partition coefficient (Wildman–Crippen LogP) is 1.75. The molecule has 0 unspecified atom stereocenters. The standard InChI is InChI=1S/C11H12O4/c1-6-3-7-4-8-10(14-5-13-8)11(12-2)9(7)15-6/h4,6H,3,5H2,1-2H3/t6-/m1/s1. The van der Waals surface area contributed by atoms with Crippen molar-refractivity contribution in [2.24, 2.45) is 0 Å². The zero-order chi connectivity index (χ0) is 10.4. The van der Waals surface area contributed by atoms with Crippen LogP contribution in [0.2, 0.25) is 0 Å². The second kappa shape index (κ2) is 2.95. The maximum Gasteiger partial charge on any atom is 0.231 e. The number of methoxy groups -OCH3 is 1. The number of fused-ring (bicyclic) bond motifs is 2. The van der Waals surface area contributed by atoms with Crippen LogP contribution in [0, 0.1) is 0 Å². The van der Waals surface area contributed by atoms with Gasteiger partial charge in [-0.2, -0.15) is 0 Å². The van der Waals surface area contributed by atoms with E-state index in [9.17, 15) is 0 Å². The summed E-state index contributed by atoms with van der Waals surface area (Å²) in [4.78, 5) is 0. The van der Waals surface area contributed by atoms with E-state index in [1.54, 1.807) is 7.11 Å². The lowest BCUT2D eigenvalue weighted by Crippen LogP contribution is -2.05. The largest absolute Gasteiger partial charge is 0.490 e. The van der Waals surface area contributed by atoms with E-state index >= 15 is 0 Å². The zero-order valence-electron chi connectivity index (χ0n) is 8.70. The molecular formula is C11H12O4. The molecule has 0 aromatic heterocycles. The minimum Gasteiger partial charge on any atom is -0.490 e. The predicted molar refractivity (Wildman–Crippen MR) is 52.9 cm³/mol. The van der Waals surface area contributed by atoms with Crippen LogP contribution in [0.1, 0.15) is 12.5 Å². The SMILES string of the molecule is COc1c2c(cc3c1OCO3)C[C@@H](C)O2. The smallest absolute Gasteiger partial charge is 0.231 e. The van der Waals surface area contributed by atoms with Gasteiger partial charge in [0.25, 0.3) is 0 Å². The monoisotopic (exact) mass is 208 g/mol. The Balaban J connectivity index is 2.19. The summed E-state index contributed by atoms with van der Waals surface area (Å²) >= 11 is 0. The van der Waals surface area contributed by atoms with Crippen LogP contribution in [0.25, 0.3) is 0 Å². The van der Waals surface area contributed by atoms with Crippen molar-refractivity contribution in [1.29, 1.82) is 0 Å². The van der Waals surface area contributed by atoms with Crippen LogP contribution in [-0.4, -0.2) is 20.0 Å². The Morgan fingerprint density at radius 1 is 1.33 bits per heavy atom. The Kier molecular flexibility index (Phi) is 1.71. The van der Waals surface area contributed by atoms with E-state index in [0.29, 0.717) is 11.5 Å². The molecule has 0 bridgehead atoms. The normalized spacial score (nSPS) is 21.1. The molecular weight excluding hydrogens is 196 g/mol. The molecule has 0 fully saturated rings. The van der Waals surface area contributed by atoms with Gasteiger partial charge >= 0.3 is 0 Å². The van der Waals surface area contributed by atoms with E-state index in [2.05, 4.69) is 0 Å². The Labute approximate surface area is 87.7 Å². The molecule has 4 nitrogen and oxygen atoms in total. The summed E-state index contributed by atoms with van der Waals surface area (Å²) in [6, 6.07) is 1.98. The Morgan fingerprint density at radius 3 is 3.00 bits per heavy atom. The van der Waals surface area contributed by atoms with Crippen molar-refractivity contribution < 1.29 is 18.9 Å². The van der Waals surface area contributed by atoms with Gasteiger partial charge in [-0.25, -0.2) is 0 Å². The molecule has 80 valence electrons. The van der Waals surface area contributed by atoms with Crippen LogP contribution in [0.4, 0.5) is 0 Å². The zero-order valence-corrected chi connectivity index (χ0v) is 8.70. The minimum atomic E-state index is 0.191. The summed E-state index contributed by atoms with van der Waals surface area (Å²) in [5.41, 5.74) is 1.13. The third-order valence-electron chi connectivity index (χ3n) is 2.68. The molecule has 0 radical (unpaired) electrons. The molecule has 1 aromatic carbocycles. The highest BCUT2D eigenvalue weighted by molar-refractivity contribution is 5.64. The molecule has 2 aliphatic heterocycles. The van der Waals surface area contributed by atoms with Crippen molar-refractivity contribution in [3.63, 3.8) is 0 Å². The Hall–Kier alpha value is -1.58. The maximum atomic E-state index is 5.69. The van der Waals surface area contributed by atoms with Gasteiger partial charge in [-0.3, -0.25) is 0 Å². The van der Waals surface area contributed by atoms with Gasteiger partial charge in [-0.1, -0.05) is 0 Å². The van der Waals surface area contributed by atoms with Gasteiger partial charge in [0.05, 0.1) is 7.11 Å². The van der Waals surface area contributed by atoms with E-state index in [0.717, 1.165) is 23.5 Å². The highest BCUT2D eigenvalue weighted by Gasteiger charge is 2.31. The number of hydrogen-bond acceptors (Lipinski definition) is 4. The lowest BCUT2D eigenvalue weighted by molar-refractivity contribution is 0.169. The molecule has 1 atom stereocenters. The molecule has 0 saturated carbocycles. The first-order valence-electron chi connectivity index (χ1n) is 4.95. The quantitative estimate of drug-likeness (QED) is 0.704. The molecule has 0 amide bonds. The first kappa shape index (κ1) is 8.71. The molecule has 4 heteroatoms. The van der Waals surface area contributed by atoms with Crippen LogP contribution >= 0.6 is 0 Å². The lowest BCUT2D eigenvalue weighted by atomic mass is 10.1. The van der Waals surface area contributed by atoms with E-state index in [4.69, 9.17) is 18.9 Å². The number of ether oxygens (including phenoxy) is 4. The van der Waals surface area contributed by atoms with E-state index in [1.807, 2.05) is 13.0 Å². The third kappa shape index (κ3) is 1.14. The van der Waals surface area contributed by atoms with E-state index in [1.165, 1.54) is 0 Å². The van der Waals surface area contributed by atoms with Crippen LogP contribution in [0.15, 0.2) is 6.07 Å². The van der Waals surface area contributed by atoms with Gasteiger partial charge < -0.3 is 18.9 Å². The summed E-state index contributed by atoms with van der Waals surface area (Å²) in [5, 5.41) is 0.